The number of carboxylic acid groups (broad SMARTS) is 1. The van der Waals surface area contributed by atoms with Crippen LogP contribution in [0.2, 0.25) is 5.02 Å². The molecule has 40 heavy (non-hydrogen) atoms. The molecule has 212 valence electrons. The first-order valence-electron chi connectivity index (χ1n) is 12.9. The van der Waals surface area contributed by atoms with E-state index in [2.05, 4.69) is 0 Å². The fraction of sp³-hybridized carbons (Fsp3) is 0.462. The molecule has 0 radical (unpaired) electrons. The number of β-lactam (4-membered cyclic amide) rings is 1. The third-order valence-corrected chi connectivity index (χ3v) is 9.49. The van der Waals surface area contributed by atoms with Crippen molar-refractivity contribution in [3.8, 4) is 0 Å². The zero-order valence-electron chi connectivity index (χ0n) is 21.3. The van der Waals surface area contributed by atoms with Gasteiger partial charge in [-0.2, -0.15) is 0 Å². The van der Waals surface area contributed by atoms with E-state index >= 15 is 4.39 Å². The molecule has 2 aromatic rings. The number of carbonyl (C=O) groups excluding carboxylic acids is 2. The number of carboxylic acids is 1. The van der Waals surface area contributed by atoms with Gasteiger partial charge in [-0.1, -0.05) is 23.4 Å². The lowest BCUT2D eigenvalue weighted by Gasteiger charge is -2.43. The number of rotatable bonds is 7. The lowest BCUT2D eigenvalue weighted by Crippen LogP contribution is -2.60. The minimum atomic E-state index is -1.37. The van der Waals surface area contributed by atoms with Crippen molar-refractivity contribution in [1.82, 2.24) is 9.47 Å². The van der Waals surface area contributed by atoms with E-state index in [-0.39, 0.29) is 44.3 Å². The second-order valence-corrected chi connectivity index (χ2v) is 12.1. The van der Waals surface area contributed by atoms with Crippen LogP contribution in [-0.4, -0.2) is 74.7 Å². The number of nitrogens with zero attached hydrogens (tertiary/aromatic N) is 3. The Morgan fingerprint density at radius 2 is 2.02 bits per heavy atom. The summed E-state index contributed by atoms with van der Waals surface area (Å²) < 4.78 is 22.4. The maximum absolute atomic E-state index is 15.3. The summed E-state index contributed by atoms with van der Waals surface area (Å²) >= 11 is 7.73. The van der Waals surface area contributed by atoms with Crippen molar-refractivity contribution in [2.75, 3.05) is 24.6 Å². The molecule has 0 bridgehead atoms. The van der Waals surface area contributed by atoms with Crippen molar-refractivity contribution < 1.29 is 33.7 Å². The van der Waals surface area contributed by atoms with E-state index in [4.69, 9.17) is 22.1 Å². The van der Waals surface area contributed by atoms with Gasteiger partial charge in [-0.05, 0) is 32.3 Å². The number of hydrogen-bond acceptors (Lipinski definition) is 9. The van der Waals surface area contributed by atoms with Gasteiger partial charge in [-0.25, -0.2) is 14.0 Å². The highest BCUT2D eigenvalue weighted by Crippen LogP contribution is 2.50. The average molecular weight is 593 g/mol. The molecule has 1 aromatic heterocycles. The number of aliphatic hydroxyl groups is 1. The van der Waals surface area contributed by atoms with E-state index in [0.29, 0.717) is 25.0 Å². The molecule has 1 saturated carbocycles. The Morgan fingerprint density at radius 1 is 1.30 bits per heavy atom. The molecule has 1 aliphatic carbocycles. The van der Waals surface area contributed by atoms with Gasteiger partial charge in [0.2, 0.25) is 11.3 Å². The maximum atomic E-state index is 15.3. The largest absolute Gasteiger partial charge is 0.477 e. The summed E-state index contributed by atoms with van der Waals surface area (Å²) in [6, 6.07) is 0.930. The Morgan fingerprint density at radius 3 is 2.62 bits per heavy atom. The predicted octanol–water partition coefficient (Wildman–Crippen LogP) is 2.03. The highest BCUT2D eigenvalue weighted by molar-refractivity contribution is 8.04. The van der Waals surface area contributed by atoms with Crippen molar-refractivity contribution in [3.63, 3.8) is 0 Å². The molecule has 3 aliphatic heterocycles. The SMILES string of the molecule is C[C@@H](O)[C@@H]1C(=O)N2C(C(=O)O)=C(COC(=O)c3cn(C4CC4)c4c(Cl)c(N5CCC(N)C5)c(F)cc4c3=O)S[C@H]12. The second-order valence-electron chi connectivity index (χ2n) is 10.6. The topological polar surface area (TPSA) is 155 Å². The molecule has 1 amide bonds. The van der Waals surface area contributed by atoms with Crippen LogP contribution in [0.3, 0.4) is 0 Å². The summed E-state index contributed by atoms with van der Waals surface area (Å²) in [5.74, 6) is -4.39. The van der Waals surface area contributed by atoms with E-state index in [1.54, 1.807) is 9.47 Å². The zero-order valence-corrected chi connectivity index (χ0v) is 22.9. The molecule has 4 atom stereocenters. The molecule has 11 nitrogen and oxygen atoms in total. The lowest BCUT2D eigenvalue weighted by atomic mass is 9.92. The minimum absolute atomic E-state index is 0.0372. The van der Waals surface area contributed by atoms with Crippen LogP contribution in [0.5, 0.6) is 0 Å². The molecule has 3 fully saturated rings. The standard InChI is InChI=1S/C26H26ClFN4O7S/c1-10(33)17-23(35)32-21(25(36)37)16(40-24(17)32)9-39-26(38)14-8-31(12-2-3-12)19-13(22(14)34)6-15(28)20(18(19)27)30-5-4-11(29)7-30/h6,8,10-12,17,24,33H,2-5,7,9,29H2,1H3,(H,36,37)/t10-,11?,17-,24-/m1/s1. The highest BCUT2D eigenvalue weighted by Gasteiger charge is 2.57. The first kappa shape index (κ1) is 27.1. The predicted molar refractivity (Wildman–Crippen MR) is 145 cm³/mol. The fourth-order valence-electron chi connectivity index (χ4n) is 5.66. The van der Waals surface area contributed by atoms with Crippen LogP contribution in [-0.2, 0) is 14.3 Å². The van der Waals surface area contributed by atoms with Gasteiger partial charge in [0.25, 0.3) is 0 Å². The molecule has 2 saturated heterocycles. The molecule has 4 N–H and O–H groups in total. The van der Waals surface area contributed by atoms with Crippen LogP contribution in [0.1, 0.15) is 42.6 Å². The number of thioether (sulfide) groups is 1. The third-order valence-electron chi connectivity index (χ3n) is 7.79. The molecule has 4 aliphatic rings. The number of benzene rings is 1. The Bertz CT molecular complexity index is 1570. The van der Waals surface area contributed by atoms with Gasteiger partial charge in [0.05, 0.1) is 38.5 Å². The highest BCUT2D eigenvalue weighted by atomic mass is 35.5. The summed E-state index contributed by atoms with van der Waals surface area (Å²) in [6.45, 7) is 1.90. The molecule has 1 unspecified atom stereocenters. The number of hydrogen-bond donors (Lipinski definition) is 3. The quantitative estimate of drug-likeness (QED) is 0.321. The van der Waals surface area contributed by atoms with Crippen LogP contribution in [0.4, 0.5) is 10.1 Å². The average Bonchev–Trinajstić information content (AvgIpc) is 3.56. The normalized spacial score (nSPS) is 24.9. The first-order valence-corrected chi connectivity index (χ1v) is 14.1. The van der Waals surface area contributed by atoms with Crippen LogP contribution in [0.15, 0.2) is 27.7 Å². The zero-order chi connectivity index (χ0) is 28.6. The third kappa shape index (κ3) is 4.18. The number of ether oxygens (including phenoxy) is 1. The van der Waals surface area contributed by atoms with Crippen LogP contribution in [0, 0.1) is 11.7 Å². The van der Waals surface area contributed by atoms with Crippen LogP contribution < -0.4 is 16.1 Å². The van der Waals surface area contributed by atoms with Crippen molar-refractivity contribution in [2.45, 2.75) is 49.7 Å². The molecular weight excluding hydrogens is 567 g/mol. The number of esters is 1. The van der Waals surface area contributed by atoms with E-state index in [0.717, 1.165) is 35.6 Å². The molecule has 1 aromatic carbocycles. The summed E-state index contributed by atoms with van der Waals surface area (Å²) in [7, 11) is 0. The summed E-state index contributed by atoms with van der Waals surface area (Å²) in [5, 5.41) is 19.0. The smallest absolute Gasteiger partial charge is 0.353 e. The number of halogens is 2. The number of pyridine rings is 1. The lowest BCUT2D eigenvalue weighted by molar-refractivity contribution is -0.156. The summed E-state index contributed by atoms with van der Waals surface area (Å²) in [6.07, 6.45) is 2.63. The molecule has 4 heterocycles. The number of aliphatic carboxylic acids is 1. The van der Waals surface area contributed by atoms with E-state index in [1.165, 1.54) is 13.1 Å². The number of fused-ring (bicyclic) bond motifs is 2. The van der Waals surface area contributed by atoms with E-state index < -0.39 is 53.1 Å². The van der Waals surface area contributed by atoms with Gasteiger partial charge in [0.15, 0.2) is 0 Å². The minimum Gasteiger partial charge on any atom is -0.477 e. The van der Waals surface area contributed by atoms with Crippen molar-refractivity contribution in [3.05, 3.63) is 49.5 Å². The van der Waals surface area contributed by atoms with Gasteiger partial charge in [0.1, 0.15) is 29.1 Å². The van der Waals surface area contributed by atoms with Gasteiger partial charge < -0.3 is 30.2 Å². The number of amides is 1. The number of nitrogens with two attached hydrogens (primary N) is 1. The summed E-state index contributed by atoms with van der Waals surface area (Å²) in [4.78, 5) is 53.8. The van der Waals surface area contributed by atoms with Crippen LogP contribution >= 0.6 is 23.4 Å². The Hall–Kier alpha value is -3.13. The Labute approximate surface area is 236 Å². The Kier molecular flexibility index (Phi) is 6.60. The first-order chi connectivity index (χ1) is 19.0. The van der Waals surface area contributed by atoms with Crippen molar-refractivity contribution in [2.24, 2.45) is 11.7 Å². The van der Waals surface area contributed by atoms with Gasteiger partial charge in [-0.3, -0.25) is 14.5 Å². The Balaban J connectivity index is 1.33. The van der Waals surface area contributed by atoms with Gasteiger partial charge in [0, 0.05) is 31.4 Å². The van der Waals surface area contributed by atoms with E-state index in [9.17, 15) is 29.4 Å². The number of anilines is 1. The molecular formula is C26H26ClFN4O7S. The molecule has 14 heteroatoms. The van der Waals surface area contributed by atoms with Gasteiger partial charge >= 0.3 is 11.9 Å². The fourth-order valence-corrected chi connectivity index (χ4v) is 7.59. The monoisotopic (exact) mass is 592 g/mol. The maximum Gasteiger partial charge on any atom is 0.353 e. The van der Waals surface area contributed by atoms with Crippen molar-refractivity contribution >= 4 is 57.8 Å². The second kappa shape index (κ2) is 9.75. The molecule has 0 spiro atoms. The van der Waals surface area contributed by atoms with Crippen molar-refractivity contribution in [1.29, 1.82) is 0 Å². The number of carbonyl (C=O) groups is 3. The number of aromatic nitrogens is 1. The molecule has 6 rings (SSSR count). The van der Waals surface area contributed by atoms with Gasteiger partial charge in [-0.15, -0.1) is 0 Å². The number of aliphatic hydroxyl groups excluding tert-OH is 1. The van der Waals surface area contributed by atoms with E-state index in [1.807, 2.05) is 0 Å². The summed E-state index contributed by atoms with van der Waals surface area (Å²) in [5.41, 5.74) is 5.09. The van der Waals surface area contributed by atoms with Crippen LogP contribution in [0.25, 0.3) is 10.9 Å².